The van der Waals surface area contributed by atoms with Gasteiger partial charge in [0.15, 0.2) is 16.9 Å². The Balaban J connectivity index is 1.07. The molecule has 1 saturated heterocycles. The number of β-lactam (4-membered cyclic amide) rings is 1. The Kier molecular flexibility index (Phi) is 12.9. The highest BCUT2D eigenvalue weighted by atomic mass is 32.2. The summed E-state index contributed by atoms with van der Waals surface area (Å²) in [5, 5.41) is 13.3. The standard InChI is InChI=1S/C48H41N5O6S3/c1-58-52-39(38-30-61-47(49-38)51-48(35-22-12-5-13-23-35,36-24-14-6-15-25-36)37-26-16-7-17-27-37)43(54)50-40-44(55)53-41(34(28-29-60-2)31-62(57)45(40)53)46(56)59-42(32-18-8-3-9-19-32)33-20-10-4-11-21-33/h3-30,40,42,45H,31H2,1-2H3,(H,49,51)(H,50,54). The molecule has 0 radical (unpaired) electrons. The van der Waals surface area contributed by atoms with E-state index in [0.29, 0.717) is 10.7 Å². The van der Waals surface area contributed by atoms with Crippen LogP contribution in [0.2, 0.25) is 0 Å². The average Bonchev–Trinajstić information content (AvgIpc) is 3.79. The van der Waals surface area contributed by atoms with E-state index in [-0.39, 0.29) is 22.9 Å². The first-order chi connectivity index (χ1) is 30.3. The number of ether oxygens (including phenoxy) is 1. The second-order valence-corrected chi connectivity index (χ2v) is 17.4. The number of carbonyl (C=O) groups excluding carboxylic acids is 3. The lowest BCUT2D eigenvalue weighted by Gasteiger charge is -2.49. The predicted octanol–water partition coefficient (Wildman–Crippen LogP) is 7.78. The number of oxime groups is 1. The lowest BCUT2D eigenvalue weighted by molar-refractivity contribution is -0.154. The SMILES string of the molecule is CON=C(C(=O)NC1C(=O)N2C(C(=O)OC(c3ccccc3)c3ccccc3)=C(C=CSC)CS(=O)C12)c1csc(NC(c2ccccc2)(c2ccccc2)c2ccccc2)n1. The smallest absolute Gasteiger partial charge is 0.356 e. The number of thiazole rings is 1. The van der Waals surface area contributed by atoms with E-state index in [1.807, 2.05) is 158 Å². The van der Waals surface area contributed by atoms with Crippen molar-refractivity contribution in [3.63, 3.8) is 0 Å². The third-order valence-electron chi connectivity index (χ3n) is 10.5. The number of anilines is 1. The molecule has 3 atom stereocenters. The van der Waals surface area contributed by atoms with E-state index < -0.39 is 51.6 Å². The van der Waals surface area contributed by atoms with Gasteiger partial charge in [0, 0.05) is 5.38 Å². The number of rotatable bonds is 15. The van der Waals surface area contributed by atoms with E-state index in [9.17, 15) is 18.6 Å². The molecule has 11 nitrogen and oxygen atoms in total. The summed E-state index contributed by atoms with van der Waals surface area (Å²) in [6.07, 6.45) is 2.74. The molecule has 2 amide bonds. The van der Waals surface area contributed by atoms with E-state index in [1.54, 1.807) is 16.9 Å². The maximum absolute atomic E-state index is 14.3. The number of amides is 2. The van der Waals surface area contributed by atoms with E-state index in [0.717, 1.165) is 27.8 Å². The number of thioether (sulfide) groups is 1. The van der Waals surface area contributed by atoms with Gasteiger partial charge in [-0.2, -0.15) is 0 Å². The van der Waals surface area contributed by atoms with Crippen molar-refractivity contribution in [3.8, 4) is 0 Å². The maximum atomic E-state index is 14.3. The first kappa shape index (κ1) is 42.1. The van der Waals surface area contributed by atoms with Gasteiger partial charge in [-0.3, -0.25) is 18.7 Å². The van der Waals surface area contributed by atoms with Crippen molar-refractivity contribution in [1.82, 2.24) is 15.2 Å². The largest absolute Gasteiger partial charge is 0.448 e. The molecule has 2 N–H and O–H groups in total. The molecule has 0 bridgehead atoms. The molecular formula is C48H41N5O6S3. The van der Waals surface area contributed by atoms with E-state index in [1.165, 1.54) is 35.1 Å². The fourth-order valence-corrected chi connectivity index (χ4v) is 10.4. The van der Waals surface area contributed by atoms with E-state index in [4.69, 9.17) is 14.6 Å². The Morgan fingerprint density at radius 2 is 1.37 bits per heavy atom. The number of allylic oxidation sites excluding steroid dienone is 1. The van der Waals surface area contributed by atoms with Gasteiger partial charge in [-0.05, 0) is 51.1 Å². The summed E-state index contributed by atoms with van der Waals surface area (Å²) in [4.78, 5) is 53.7. The van der Waals surface area contributed by atoms with Gasteiger partial charge >= 0.3 is 5.97 Å². The van der Waals surface area contributed by atoms with Crippen molar-refractivity contribution in [3.05, 3.63) is 213 Å². The van der Waals surface area contributed by atoms with Crippen LogP contribution in [0.5, 0.6) is 0 Å². The molecule has 2 aliphatic rings. The minimum Gasteiger partial charge on any atom is -0.448 e. The fraction of sp³-hybridized carbons (Fsp3) is 0.146. The molecule has 8 rings (SSSR count). The van der Waals surface area contributed by atoms with Crippen LogP contribution in [-0.4, -0.2) is 68.1 Å². The molecule has 1 fully saturated rings. The van der Waals surface area contributed by atoms with E-state index >= 15 is 0 Å². The molecular weight excluding hydrogens is 839 g/mol. The summed E-state index contributed by atoms with van der Waals surface area (Å²) in [5.41, 5.74) is 3.85. The number of hydrogen-bond donors (Lipinski definition) is 2. The first-order valence-corrected chi connectivity index (χ1v) is 23.1. The van der Waals surface area contributed by atoms with Crippen molar-refractivity contribution >= 4 is 62.5 Å². The monoisotopic (exact) mass is 879 g/mol. The summed E-state index contributed by atoms with van der Waals surface area (Å²) in [6.45, 7) is 0. The zero-order valence-electron chi connectivity index (χ0n) is 33.6. The van der Waals surface area contributed by atoms with Gasteiger partial charge < -0.3 is 20.2 Å². The quantitative estimate of drug-likeness (QED) is 0.0348. The van der Waals surface area contributed by atoms with Gasteiger partial charge in [-0.1, -0.05) is 157 Å². The average molecular weight is 880 g/mol. The number of esters is 1. The lowest BCUT2D eigenvalue weighted by Crippen LogP contribution is -2.74. The Hall–Kier alpha value is -6.61. The molecule has 2 aliphatic heterocycles. The number of carbonyl (C=O) groups is 3. The molecule has 5 aromatic carbocycles. The van der Waals surface area contributed by atoms with Crippen LogP contribution in [0.3, 0.4) is 0 Å². The second-order valence-electron chi connectivity index (χ2n) is 14.2. The van der Waals surface area contributed by atoms with Crippen LogP contribution in [0.4, 0.5) is 5.13 Å². The molecule has 3 unspecified atom stereocenters. The normalized spacial score (nSPS) is 17.7. The Labute approximate surface area is 370 Å². The van der Waals surface area contributed by atoms with Crippen LogP contribution < -0.4 is 10.6 Å². The number of benzene rings is 5. The molecule has 1 aromatic heterocycles. The van der Waals surface area contributed by atoms with Gasteiger partial charge in [-0.15, -0.1) is 23.1 Å². The number of nitrogens with zero attached hydrogens (tertiary/aromatic N) is 3. The van der Waals surface area contributed by atoms with Crippen molar-refractivity contribution in [2.75, 3.05) is 24.4 Å². The van der Waals surface area contributed by atoms with Crippen molar-refractivity contribution in [1.29, 1.82) is 0 Å². The summed E-state index contributed by atoms with van der Waals surface area (Å²) >= 11 is 2.67. The summed E-state index contributed by atoms with van der Waals surface area (Å²) in [6, 6.07) is 47.5. The van der Waals surface area contributed by atoms with Crippen LogP contribution in [0, 0.1) is 0 Å². The lowest BCUT2D eigenvalue weighted by atomic mass is 9.77. The Bertz CT molecular complexity index is 2520. The highest BCUT2D eigenvalue weighted by Gasteiger charge is 2.57. The molecule has 312 valence electrons. The molecule has 0 aliphatic carbocycles. The van der Waals surface area contributed by atoms with Crippen molar-refractivity contribution in [2.45, 2.75) is 23.1 Å². The van der Waals surface area contributed by atoms with Crippen LogP contribution >= 0.6 is 23.1 Å². The highest BCUT2D eigenvalue weighted by molar-refractivity contribution is 8.01. The molecule has 62 heavy (non-hydrogen) atoms. The van der Waals surface area contributed by atoms with Crippen LogP contribution in [-0.2, 0) is 40.3 Å². The van der Waals surface area contributed by atoms with Gasteiger partial charge in [0.05, 0.1) is 16.6 Å². The number of hydrogen-bond acceptors (Lipinski definition) is 11. The Morgan fingerprint density at radius 3 is 1.87 bits per heavy atom. The minimum atomic E-state index is -1.70. The third-order valence-corrected chi connectivity index (χ3v) is 13.3. The molecule has 14 heteroatoms. The summed E-state index contributed by atoms with van der Waals surface area (Å²) in [7, 11) is -0.398. The molecule has 0 saturated carbocycles. The second kappa shape index (κ2) is 19.0. The number of nitrogens with one attached hydrogen (secondary N) is 2. The zero-order chi connectivity index (χ0) is 43.1. The van der Waals surface area contributed by atoms with Gasteiger partial charge in [0.2, 0.25) is 0 Å². The van der Waals surface area contributed by atoms with Crippen LogP contribution in [0.1, 0.15) is 39.6 Å². The minimum absolute atomic E-state index is 0.0213. The predicted molar refractivity (Wildman–Crippen MR) is 245 cm³/mol. The number of fused-ring (bicyclic) bond motifs is 1. The molecule has 6 aromatic rings. The van der Waals surface area contributed by atoms with Crippen molar-refractivity contribution in [2.24, 2.45) is 5.16 Å². The number of aromatic nitrogens is 1. The Morgan fingerprint density at radius 1 is 0.855 bits per heavy atom. The first-order valence-electron chi connectivity index (χ1n) is 19.6. The molecule has 3 heterocycles. The van der Waals surface area contributed by atoms with Gasteiger partial charge in [-0.25, -0.2) is 9.78 Å². The van der Waals surface area contributed by atoms with Crippen LogP contribution in [0.15, 0.2) is 185 Å². The van der Waals surface area contributed by atoms with Crippen LogP contribution in [0.25, 0.3) is 0 Å². The summed E-state index contributed by atoms with van der Waals surface area (Å²) in [5.74, 6) is -2.20. The summed E-state index contributed by atoms with van der Waals surface area (Å²) < 4.78 is 20.1. The fourth-order valence-electron chi connectivity index (χ4n) is 7.71. The van der Waals surface area contributed by atoms with E-state index in [2.05, 4.69) is 15.8 Å². The topological polar surface area (TPSA) is 139 Å². The maximum Gasteiger partial charge on any atom is 0.356 e. The highest BCUT2D eigenvalue weighted by Crippen LogP contribution is 2.41. The van der Waals surface area contributed by atoms with Gasteiger partial charge in [0.1, 0.15) is 35.5 Å². The molecule has 0 spiro atoms. The van der Waals surface area contributed by atoms with Crippen molar-refractivity contribution < 1.29 is 28.2 Å². The zero-order valence-corrected chi connectivity index (χ0v) is 36.1. The van der Waals surface area contributed by atoms with Gasteiger partial charge in [0.25, 0.3) is 11.8 Å². The third kappa shape index (κ3) is 8.36.